The largest absolute Gasteiger partial charge is 0.385 e. The fourth-order valence-corrected chi connectivity index (χ4v) is 2.31. The number of nitrogens with two attached hydrogens (primary N) is 1. The highest BCUT2D eigenvalue weighted by atomic mass is 16.3. The lowest BCUT2D eigenvalue weighted by atomic mass is 9.78. The summed E-state index contributed by atoms with van der Waals surface area (Å²) in [4.78, 5) is 0. The summed E-state index contributed by atoms with van der Waals surface area (Å²) in [5.41, 5.74) is 6.22. The molecule has 0 heterocycles. The summed E-state index contributed by atoms with van der Waals surface area (Å²) in [5.74, 6) is 0. The van der Waals surface area contributed by atoms with Gasteiger partial charge in [0.05, 0.1) is 5.60 Å². The van der Waals surface area contributed by atoms with Gasteiger partial charge in [-0.15, -0.1) is 0 Å². The molecule has 0 radical (unpaired) electrons. The van der Waals surface area contributed by atoms with Gasteiger partial charge in [-0.3, -0.25) is 0 Å². The molecule has 1 fully saturated rings. The number of benzene rings is 1. The average molecular weight is 191 g/mol. The monoisotopic (exact) mass is 191 g/mol. The zero-order valence-corrected chi connectivity index (χ0v) is 8.32. The van der Waals surface area contributed by atoms with Gasteiger partial charge in [-0.2, -0.15) is 0 Å². The van der Waals surface area contributed by atoms with Crippen molar-refractivity contribution in [2.45, 2.75) is 37.3 Å². The van der Waals surface area contributed by atoms with Crippen molar-refractivity contribution in [2.75, 3.05) is 0 Å². The van der Waals surface area contributed by atoms with Crippen LogP contribution in [-0.4, -0.2) is 11.1 Å². The predicted octanol–water partition coefficient (Wildman–Crippen LogP) is 1.78. The third kappa shape index (κ3) is 1.81. The van der Waals surface area contributed by atoms with Gasteiger partial charge in [0.2, 0.25) is 0 Å². The van der Waals surface area contributed by atoms with Gasteiger partial charge in [0.25, 0.3) is 0 Å². The number of hydrogen-bond acceptors (Lipinski definition) is 2. The van der Waals surface area contributed by atoms with Gasteiger partial charge in [-0.1, -0.05) is 30.3 Å². The average Bonchev–Trinajstić information content (AvgIpc) is 2.19. The van der Waals surface area contributed by atoms with Crippen molar-refractivity contribution >= 4 is 0 Å². The Morgan fingerprint density at radius 1 is 1.29 bits per heavy atom. The minimum Gasteiger partial charge on any atom is -0.385 e. The van der Waals surface area contributed by atoms with Crippen LogP contribution in [0.3, 0.4) is 0 Å². The summed E-state index contributed by atoms with van der Waals surface area (Å²) >= 11 is 0. The summed E-state index contributed by atoms with van der Waals surface area (Å²) < 4.78 is 0. The quantitative estimate of drug-likeness (QED) is 0.710. The lowest BCUT2D eigenvalue weighted by Gasteiger charge is -2.35. The van der Waals surface area contributed by atoms with E-state index in [2.05, 4.69) is 0 Å². The van der Waals surface area contributed by atoms with Gasteiger partial charge in [0, 0.05) is 6.04 Å². The van der Waals surface area contributed by atoms with Crippen LogP contribution in [0.2, 0.25) is 0 Å². The molecule has 1 aliphatic carbocycles. The van der Waals surface area contributed by atoms with Crippen LogP contribution in [-0.2, 0) is 5.60 Å². The third-order valence-corrected chi connectivity index (χ3v) is 3.08. The number of hydrogen-bond donors (Lipinski definition) is 2. The Kier molecular flexibility index (Phi) is 2.57. The maximum atomic E-state index is 10.4. The molecule has 1 aromatic rings. The van der Waals surface area contributed by atoms with Gasteiger partial charge in [-0.05, 0) is 31.2 Å². The summed E-state index contributed by atoms with van der Waals surface area (Å²) in [6.45, 7) is 0. The Hall–Kier alpha value is -0.860. The summed E-state index contributed by atoms with van der Waals surface area (Å²) in [6, 6.07) is 10.0. The van der Waals surface area contributed by atoms with Crippen molar-refractivity contribution in [1.82, 2.24) is 0 Å². The molecule has 0 unspecified atom stereocenters. The first-order valence-corrected chi connectivity index (χ1v) is 5.24. The van der Waals surface area contributed by atoms with Crippen molar-refractivity contribution in [3.8, 4) is 0 Å². The van der Waals surface area contributed by atoms with Crippen molar-refractivity contribution in [3.05, 3.63) is 35.9 Å². The van der Waals surface area contributed by atoms with Crippen molar-refractivity contribution in [3.63, 3.8) is 0 Å². The molecule has 0 spiro atoms. The normalized spacial score (nSPS) is 32.9. The highest BCUT2D eigenvalue weighted by molar-refractivity contribution is 5.23. The molecule has 0 bridgehead atoms. The zero-order chi connectivity index (χ0) is 10.0. The molecular weight excluding hydrogens is 174 g/mol. The molecule has 1 saturated carbocycles. The molecule has 1 aliphatic rings. The van der Waals surface area contributed by atoms with E-state index in [9.17, 15) is 5.11 Å². The smallest absolute Gasteiger partial charge is 0.0911 e. The van der Waals surface area contributed by atoms with Crippen LogP contribution in [0.15, 0.2) is 30.3 Å². The van der Waals surface area contributed by atoms with E-state index in [0.29, 0.717) is 6.42 Å². The lowest BCUT2D eigenvalue weighted by Crippen LogP contribution is -2.39. The van der Waals surface area contributed by atoms with E-state index in [0.717, 1.165) is 24.8 Å². The Labute approximate surface area is 84.7 Å². The highest BCUT2D eigenvalue weighted by Crippen LogP contribution is 2.36. The van der Waals surface area contributed by atoms with E-state index in [4.69, 9.17) is 5.73 Å². The number of rotatable bonds is 1. The van der Waals surface area contributed by atoms with Crippen LogP contribution in [0.5, 0.6) is 0 Å². The second-order valence-electron chi connectivity index (χ2n) is 4.25. The molecule has 76 valence electrons. The second kappa shape index (κ2) is 3.71. The van der Waals surface area contributed by atoms with Crippen LogP contribution in [0.4, 0.5) is 0 Å². The molecule has 14 heavy (non-hydrogen) atoms. The second-order valence-corrected chi connectivity index (χ2v) is 4.25. The molecule has 0 saturated heterocycles. The molecular formula is C12H17NO. The Morgan fingerprint density at radius 2 is 2.00 bits per heavy atom. The lowest BCUT2D eigenvalue weighted by molar-refractivity contribution is -0.00716. The van der Waals surface area contributed by atoms with Crippen molar-refractivity contribution < 1.29 is 5.11 Å². The topological polar surface area (TPSA) is 46.2 Å². The fourth-order valence-electron chi connectivity index (χ4n) is 2.31. The van der Waals surface area contributed by atoms with E-state index in [-0.39, 0.29) is 6.04 Å². The van der Waals surface area contributed by atoms with E-state index in [1.165, 1.54) is 0 Å². The Balaban J connectivity index is 2.23. The van der Waals surface area contributed by atoms with Crippen LogP contribution < -0.4 is 5.73 Å². The first-order chi connectivity index (χ1) is 6.71. The summed E-state index contributed by atoms with van der Waals surface area (Å²) in [7, 11) is 0. The van der Waals surface area contributed by atoms with Gasteiger partial charge in [0.1, 0.15) is 0 Å². The first kappa shape index (κ1) is 9.69. The van der Waals surface area contributed by atoms with E-state index in [1.54, 1.807) is 0 Å². The molecule has 2 heteroatoms. The van der Waals surface area contributed by atoms with Crippen molar-refractivity contribution in [1.29, 1.82) is 0 Å². The van der Waals surface area contributed by atoms with E-state index >= 15 is 0 Å². The summed E-state index contributed by atoms with van der Waals surface area (Å²) in [6.07, 6.45) is 3.59. The zero-order valence-electron chi connectivity index (χ0n) is 8.32. The minimum atomic E-state index is -0.682. The third-order valence-electron chi connectivity index (χ3n) is 3.08. The molecule has 3 N–H and O–H groups in total. The maximum absolute atomic E-state index is 10.4. The number of aliphatic hydroxyl groups is 1. The first-order valence-electron chi connectivity index (χ1n) is 5.24. The molecule has 1 aromatic carbocycles. The van der Waals surface area contributed by atoms with E-state index < -0.39 is 5.60 Å². The fraction of sp³-hybridized carbons (Fsp3) is 0.500. The molecule has 0 aliphatic heterocycles. The Morgan fingerprint density at radius 3 is 2.64 bits per heavy atom. The van der Waals surface area contributed by atoms with Gasteiger partial charge in [0.15, 0.2) is 0 Å². The Bertz CT molecular complexity index is 298. The van der Waals surface area contributed by atoms with E-state index in [1.807, 2.05) is 30.3 Å². The van der Waals surface area contributed by atoms with Gasteiger partial charge in [-0.25, -0.2) is 0 Å². The predicted molar refractivity (Wildman–Crippen MR) is 56.8 cm³/mol. The van der Waals surface area contributed by atoms with Crippen LogP contribution in [0.25, 0.3) is 0 Å². The molecule has 2 atom stereocenters. The minimum absolute atomic E-state index is 0.147. The molecule has 0 aromatic heterocycles. The van der Waals surface area contributed by atoms with Crippen LogP contribution >= 0.6 is 0 Å². The van der Waals surface area contributed by atoms with Crippen molar-refractivity contribution in [2.24, 2.45) is 5.73 Å². The molecule has 2 nitrogen and oxygen atoms in total. The van der Waals surface area contributed by atoms with Crippen LogP contribution in [0, 0.1) is 0 Å². The van der Waals surface area contributed by atoms with Gasteiger partial charge >= 0.3 is 0 Å². The van der Waals surface area contributed by atoms with Crippen LogP contribution in [0.1, 0.15) is 31.2 Å². The van der Waals surface area contributed by atoms with Gasteiger partial charge < -0.3 is 10.8 Å². The molecule has 0 amide bonds. The summed E-state index contributed by atoms with van der Waals surface area (Å²) in [5, 5.41) is 10.4. The molecule has 2 rings (SSSR count). The highest BCUT2D eigenvalue weighted by Gasteiger charge is 2.34. The maximum Gasteiger partial charge on any atom is 0.0911 e. The SMILES string of the molecule is N[C@H]1CCC[C@](O)(c2ccccc2)C1. The standard InChI is InChI=1S/C12H17NO/c13-11-7-4-8-12(14,9-11)10-5-2-1-3-6-10/h1-3,5-6,11,14H,4,7-9,13H2/t11-,12+/m0/s1.